The molecule has 0 atom stereocenters. The number of aromatic nitrogens is 2. The van der Waals surface area contributed by atoms with Gasteiger partial charge in [0.2, 0.25) is 0 Å². The maximum Gasteiger partial charge on any atom is 0.272 e. The first-order valence-electron chi connectivity index (χ1n) is 8.23. The fourth-order valence-corrected chi connectivity index (χ4v) is 2.73. The molecule has 1 aliphatic rings. The molecule has 0 fully saturated rings. The number of fused-ring (bicyclic) bond motifs is 1. The summed E-state index contributed by atoms with van der Waals surface area (Å²) in [5.41, 5.74) is 2.71. The van der Waals surface area contributed by atoms with Crippen molar-refractivity contribution in [2.75, 3.05) is 13.1 Å². The van der Waals surface area contributed by atoms with Gasteiger partial charge < -0.3 is 10.6 Å². The molecule has 2 rings (SSSR count). The summed E-state index contributed by atoms with van der Waals surface area (Å²) in [6.07, 6.45) is 7.02. The van der Waals surface area contributed by atoms with Gasteiger partial charge in [-0.2, -0.15) is 5.10 Å². The SMILES string of the molecule is CC(C)CCCCCCNC(=O)c1n[nH]c2c1CNCC2.Cl. The predicted molar refractivity (Wildman–Crippen MR) is 91.5 cm³/mol. The number of amides is 1. The number of hydrogen-bond donors (Lipinski definition) is 3. The molecule has 0 radical (unpaired) electrons. The van der Waals surface area contributed by atoms with Crippen LogP contribution in [-0.4, -0.2) is 29.2 Å². The van der Waals surface area contributed by atoms with Crippen molar-refractivity contribution in [3.63, 3.8) is 0 Å². The van der Waals surface area contributed by atoms with Crippen molar-refractivity contribution in [3.8, 4) is 0 Å². The average Bonchev–Trinajstić information content (AvgIpc) is 2.89. The van der Waals surface area contributed by atoms with Crippen LogP contribution in [0.3, 0.4) is 0 Å². The molecule has 1 aliphatic heterocycles. The normalized spacial score (nSPS) is 13.6. The molecule has 0 spiro atoms. The zero-order chi connectivity index (χ0) is 15.1. The van der Waals surface area contributed by atoms with E-state index < -0.39 is 0 Å². The molecule has 1 amide bonds. The standard InChI is InChI=1S/C16H28N4O.ClH/c1-12(2)7-5-3-4-6-9-18-16(21)15-13-11-17-10-8-14(13)19-20-15;/h12,17H,3-11H2,1-2H3,(H,18,21)(H,19,20);1H. The smallest absolute Gasteiger partial charge is 0.272 e. The van der Waals surface area contributed by atoms with E-state index in [1.807, 2.05) is 0 Å². The molecule has 0 aliphatic carbocycles. The van der Waals surface area contributed by atoms with E-state index in [2.05, 4.69) is 34.7 Å². The molecular weight excluding hydrogens is 300 g/mol. The Morgan fingerprint density at radius 1 is 1.27 bits per heavy atom. The number of hydrogen-bond acceptors (Lipinski definition) is 3. The van der Waals surface area contributed by atoms with Gasteiger partial charge in [0.05, 0.1) is 0 Å². The van der Waals surface area contributed by atoms with Crippen molar-refractivity contribution < 1.29 is 4.79 Å². The molecule has 22 heavy (non-hydrogen) atoms. The predicted octanol–water partition coefficient (Wildman–Crippen LogP) is 2.81. The maximum absolute atomic E-state index is 12.1. The molecule has 0 unspecified atom stereocenters. The molecule has 3 N–H and O–H groups in total. The van der Waals surface area contributed by atoms with Gasteiger partial charge in [-0.3, -0.25) is 9.89 Å². The Morgan fingerprint density at radius 2 is 2.05 bits per heavy atom. The largest absolute Gasteiger partial charge is 0.351 e. The lowest BCUT2D eigenvalue weighted by Crippen LogP contribution is -2.29. The van der Waals surface area contributed by atoms with Gasteiger partial charge in [0, 0.05) is 37.3 Å². The van der Waals surface area contributed by atoms with E-state index in [9.17, 15) is 4.79 Å². The molecule has 0 saturated heterocycles. The fourth-order valence-electron chi connectivity index (χ4n) is 2.73. The summed E-state index contributed by atoms with van der Waals surface area (Å²) >= 11 is 0. The summed E-state index contributed by atoms with van der Waals surface area (Å²) in [5.74, 6) is 0.752. The van der Waals surface area contributed by atoms with Gasteiger partial charge in [-0.25, -0.2) is 0 Å². The molecule has 1 aromatic rings. The first-order chi connectivity index (χ1) is 10.2. The second-order valence-electron chi connectivity index (χ2n) is 6.31. The lowest BCUT2D eigenvalue weighted by atomic mass is 10.0. The van der Waals surface area contributed by atoms with Crippen LogP contribution in [0.15, 0.2) is 0 Å². The molecule has 5 nitrogen and oxygen atoms in total. The summed E-state index contributed by atoms with van der Waals surface area (Å²) in [6.45, 7) is 6.96. The highest BCUT2D eigenvalue weighted by atomic mass is 35.5. The van der Waals surface area contributed by atoms with Crippen molar-refractivity contribution in [1.29, 1.82) is 0 Å². The van der Waals surface area contributed by atoms with Gasteiger partial charge in [0.15, 0.2) is 5.69 Å². The van der Waals surface area contributed by atoms with Crippen molar-refractivity contribution in [3.05, 3.63) is 17.0 Å². The lowest BCUT2D eigenvalue weighted by Gasteiger charge is -2.12. The number of unbranched alkanes of at least 4 members (excludes halogenated alkanes) is 3. The topological polar surface area (TPSA) is 69.8 Å². The number of carbonyl (C=O) groups is 1. The Balaban J connectivity index is 0.00000242. The average molecular weight is 329 g/mol. The fraction of sp³-hybridized carbons (Fsp3) is 0.750. The van der Waals surface area contributed by atoms with Gasteiger partial charge in [0.1, 0.15) is 0 Å². The molecular formula is C16H29ClN4O. The number of nitrogens with one attached hydrogen (secondary N) is 3. The Kier molecular flexibility index (Phi) is 8.49. The van der Waals surface area contributed by atoms with Crippen LogP contribution in [0.5, 0.6) is 0 Å². The first kappa shape index (κ1) is 19.0. The second kappa shape index (κ2) is 9.85. The number of aromatic amines is 1. The summed E-state index contributed by atoms with van der Waals surface area (Å²) in [7, 11) is 0. The number of H-pyrrole nitrogens is 1. The summed E-state index contributed by atoms with van der Waals surface area (Å²) in [6, 6.07) is 0. The minimum Gasteiger partial charge on any atom is -0.351 e. The Morgan fingerprint density at radius 3 is 2.82 bits per heavy atom. The Bertz CT molecular complexity index is 459. The third-order valence-corrected chi connectivity index (χ3v) is 4.02. The van der Waals surface area contributed by atoms with E-state index in [0.717, 1.165) is 49.7 Å². The molecule has 6 heteroatoms. The number of nitrogens with zero attached hydrogens (tertiary/aromatic N) is 1. The first-order valence-corrected chi connectivity index (χ1v) is 8.23. The van der Waals surface area contributed by atoms with Gasteiger partial charge in [0.25, 0.3) is 5.91 Å². The highest BCUT2D eigenvalue weighted by molar-refractivity contribution is 5.94. The third kappa shape index (κ3) is 5.61. The van der Waals surface area contributed by atoms with Crippen molar-refractivity contribution in [2.24, 2.45) is 5.92 Å². The van der Waals surface area contributed by atoms with Crippen LogP contribution in [-0.2, 0) is 13.0 Å². The quantitative estimate of drug-likeness (QED) is 0.643. The van der Waals surface area contributed by atoms with E-state index in [-0.39, 0.29) is 18.3 Å². The van der Waals surface area contributed by atoms with Crippen LogP contribution in [0, 0.1) is 5.92 Å². The highest BCUT2D eigenvalue weighted by Gasteiger charge is 2.20. The van der Waals surface area contributed by atoms with Crippen LogP contribution < -0.4 is 10.6 Å². The molecule has 1 aromatic heterocycles. The zero-order valence-electron chi connectivity index (χ0n) is 13.7. The van der Waals surface area contributed by atoms with Crippen LogP contribution in [0.4, 0.5) is 0 Å². The van der Waals surface area contributed by atoms with Crippen molar-refractivity contribution in [2.45, 2.75) is 58.9 Å². The van der Waals surface area contributed by atoms with Crippen LogP contribution in [0.1, 0.15) is 67.7 Å². The van der Waals surface area contributed by atoms with E-state index in [1.54, 1.807) is 0 Å². The minimum atomic E-state index is -0.0432. The van der Waals surface area contributed by atoms with E-state index in [1.165, 1.54) is 25.7 Å². The molecule has 0 saturated carbocycles. The third-order valence-electron chi connectivity index (χ3n) is 4.02. The summed E-state index contributed by atoms with van der Waals surface area (Å²) in [4.78, 5) is 12.1. The van der Waals surface area contributed by atoms with E-state index >= 15 is 0 Å². The molecule has 126 valence electrons. The zero-order valence-corrected chi connectivity index (χ0v) is 14.5. The maximum atomic E-state index is 12.1. The van der Waals surface area contributed by atoms with Gasteiger partial charge in [-0.05, 0) is 12.3 Å². The van der Waals surface area contributed by atoms with Gasteiger partial charge >= 0.3 is 0 Å². The number of carbonyl (C=O) groups excluding carboxylic acids is 1. The summed E-state index contributed by atoms with van der Waals surface area (Å²) < 4.78 is 0. The van der Waals surface area contributed by atoms with Crippen LogP contribution in [0.2, 0.25) is 0 Å². The monoisotopic (exact) mass is 328 g/mol. The van der Waals surface area contributed by atoms with E-state index in [4.69, 9.17) is 0 Å². The molecule has 2 heterocycles. The van der Waals surface area contributed by atoms with Crippen LogP contribution in [0.25, 0.3) is 0 Å². The van der Waals surface area contributed by atoms with Crippen molar-refractivity contribution in [1.82, 2.24) is 20.8 Å². The molecule has 0 aromatic carbocycles. The molecule has 0 bridgehead atoms. The second-order valence-corrected chi connectivity index (χ2v) is 6.31. The summed E-state index contributed by atoms with van der Waals surface area (Å²) in [5, 5.41) is 13.4. The Hall–Kier alpha value is -1.07. The van der Waals surface area contributed by atoms with Gasteiger partial charge in [-0.1, -0.05) is 39.5 Å². The van der Waals surface area contributed by atoms with Crippen molar-refractivity contribution >= 4 is 18.3 Å². The Labute approximate surface area is 139 Å². The van der Waals surface area contributed by atoms with E-state index in [0.29, 0.717) is 5.69 Å². The van der Waals surface area contributed by atoms with Gasteiger partial charge in [-0.15, -0.1) is 12.4 Å². The number of rotatable bonds is 8. The lowest BCUT2D eigenvalue weighted by molar-refractivity contribution is 0.0946. The minimum absolute atomic E-state index is 0. The van der Waals surface area contributed by atoms with Crippen LogP contribution >= 0.6 is 12.4 Å². The highest BCUT2D eigenvalue weighted by Crippen LogP contribution is 2.15. The number of halogens is 1.